The second kappa shape index (κ2) is 6.21. The van der Waals surface area contributed by atoms with Gasteiger partial charge in [-0.25, -0.2) is 9.80 Å². The van der Waals surface area contributed by atoms with Crippen molar-refractivity contribution in [2.45, 2.75) is 51.7 Å². The summed E-state index contributed by atoms with van der Waals surface area (Å²) in [6.45, 7) is 3.68. The first-order valence-electron chi connectivity index (χ1n) is 7.03. The number of rotatable bonds is 4. The van der Waals surface area contributed by atoms with Crippen LogP contribution >= 0.6 is 0 Å². The molecule has 0 aromatic heterocycles. The first kappa shape index (κ1) is 14.8. The van der Waals surface area contributed by atoms with E-state index in [-0.39, 0.29) is 12.6 Å². The lowest BCUT2D eigenvalue weighted by Crippen LogP contribution is -2.48. The quantitative estimate of drug-likeness (QED) is 0.738. The van der Waals surface area contributed by atoms with Crippen LogP contribution in [0.2, 0.25) is 0 Å². The minimum Gasteiger partial charge on any atom is -0.365 e. The Morgan fingerprint density at radius 1 is 1.45 bits per heavy atom. The highest BCUT2D eigenvalue weighted by atomic mass is 16.5. The molecule has 7 nitrogen and oxygen atoms in total. The number of hydrogen-bond donors (Lipinski definition) is 2. The summed E-state index contributed by atoms with van der Waals surface area (Å²) < 4.78 is 5.74. The molecule has 1 saturated heterocycles. The molecule has 2 N–H and O–H groups in total. The second-order valence-electron chi connectivity index (χ2n) is 5.59. The zero-order valence-corrected chi connectivity index (χ0v) is 11.8. The van der Waals surface area contributed by atoms with Crippen LogP contribution in [0.15, 0.2) is 0 Å². The summed E-state index contributed by atoms with van der Waals surface area (Å²) >= 11 is 0. The van der Waals surface area contributed by atoms with Crippen molar-refractivity contribution in [2.24, 2.45) is 5.92 Å². The summed E-state index contributed by atoms with van der Waals surface area (Å²) in [5.74, 6) is -0.218. The molecule has 2 aliphatic rings. The van der Waals surface area contributed by atoms with Gasteiger partial charge in [-0.15, -0.1) is 0 Å². The standard InChI is InChI=1S/C13H21N3O4/c1-8-4-3-5-10(6-8)20-9(2)12(18)15-16-7-11(17)14-13(16)19/h8-10H,3-7H2,1-2H3,(H,15,18)(H,14,17,19)/t8-,9+,10-/m1/s1. The van der Waals surface area contributed by atoms with Crippen molar-refractivity contribution in [3.05, 3.63) is 0 Å². The molecule has 1 heterocycles. The highest BCUT2D eigenvalue weighted by molar-refractivity contribution is 6.02. The molecule has 20 heavy (non-hydrogen) atoms. The molecule has 0 bridgehead atoms. The van der Waals surface area contributed by atoms with Gasteiger partial charge in [0.1, 0.15) is 12.6 Å². The molecule has 0 radical (unpaired) electrons. The van der Waals surface area contributed by atoms with Crippen molar-refractivity contribution in [3.8, 4) is 0 Å². The number of carbonyl (C=O) groups excluding carboxylic acids is 3. The molecule has 1 aliphatic carbocycles. The maximum absolute atomic E-state index is 11.9. The Hall–Kier alpha value is -1.63. The lowest BCUT2D eigenvalue weighted by atomic mass is 9.88. The van der Waals surface area contributed by atoms with Crippen LogP contribution in [0.4, 0.5) is 4.79 Å². The van der Waals surface area contributed by atoms with E-state index in [2.05, 4.69) is 17.7 Å². The third-order valence-electron chi connectivity index (χ3n) is 3.69. The molecule has 0 unspecified atom stereocenters. The third-order valence-corrected chi connectivity index (χ3v) is 3.69. The predicted octanol–water partition coefficient (Wildman–Crippen LogP) is 0.553. The average Bonchev–Trinajstić information content (AvgIpc) is 2.67. The van der Waals surface area contributed by atoms with E-state index < -0.39 is 23.9 Å². The summed E-state index contributed by atoms with van der Waals surface area (Å²) in [4.78, 5) is 34.3. The minimum atomic E-state index is -0.645. The summed E-state index contributed by atoms with van der Waals surface area (Å²) in [7, 11) is 0. The highest BCUT2D eigenvalue weighted by Gasteiger charge is 2.30. The van der Waals surface area contributed by atoms with E-state index in [1.54, 1.807) is 6.92 Å². The molecular formula is C13H21N3O4. The molecular weight excluding hydrogens is 262 g/mol. The Bertz CT molecular complexity index is 412. The van der Waals surface area contributed by atoms with Gasteiger partial charge in [0.15, 0.2) is 0 Å². The van der Waals surface area contributed by atoms with Crippen LogP contribution in [0.25, 0.3) is 0 Å². The fourth-order valence-electron chi connectivity index (χ4n) is 2.61. The molecule has 0 spiro atoms. The number of urea groups is 1. The van der Waals surface area contributed by atoms with Crippen LogP contribution in [-0.2, 0) is 14.3 Å². The Morgan fingerprint density at radius 2 is 2.20 bits per heavy atom. The largest absolute Gasteiger partial charge is 0.365 e. The maximum atomic E-state index is 11.9. The number of amides is 4. The molecule has 2 fully saturated rings. The molecule has 2 rings (SSSR count). The van der Waals surface area contributed by atoms with E-state index in [9.17, 15) is 14.4 Å². The van der Waals surface area contributed by atoms with E-state index in [1.807, 2.05) is 0 Å². The Morgan fingerprint density at radius 3 is 2.80 bits per heavy atom. The number of nitrogens with zero attached hydrogens (tertiary/aromatic N) is 1. The van der Waals surface area contributed by atoms with Crippen molar-refractivity contribution >= 4 is 17.8 Å². The first-order chi connectivity index (χ1) is 9.45. The van der Waals surface area contributed by atoms with E-state index in [1.165, 1.54) is 6.42 Å². The smallest absolute Gasteiger partial charge is 0.343 e. The van der Waals surface area contributed by atoms with E-state index in [0.29, 0.717) is 5.92 Å². The van der Waals surface area contributed by atoms with Crippen LogP contribution < -0.4 is 10.7 Å². The van der Waals surface area contributed by atoms with Gasteiger partial charge in [0, 0.05) is 0 Å². The predicted molar refractivity (Wildman–Crippen MR) is 70.4 cm³/mol. The number of hydrazine groups is 1. The van der Waals surface area contributed by atoms with Gasteiger partial charge in [-0.05, 0) is 25.7 Å². The van der Waals surface area contributed by atoms with Crippen molar-refractivity contribution in [1.29, 1.82) is 0 Å². The van der Waals surface area contributed by atoms with Crippen molar-refractivity contribution in [2.75, 3.05) is 6.54 Å². The maximum Gasteiger partial charge on any atom is 0.343 e. The lowest BCUT2D eigenvalue weighted by Gasteiger charge is -2.29. The lowest BCUT2D eigenvalue weighted by molar-refractivity contribution is -0.140. The van der Waals surface area contributed by atoms with Gasteiger partial charge in [-0.3, -0.25) is 20.3 Å². The number of hydrogen-bond acceptors (Lipinski definition) is 4. The van der Waals surface area contributed by atoms with Gasteiger partial charge < -0.3 is 4.74 Å². The molecule has 1 aliphatic heterocycles. The average molecular weight is 283 g/mol. The van der Waals surface area contributed by atoms with Gasteiger partial charge in [0.05, 0.1) is 6.10 Å². The van der Waals surface area contributed by atoms with Gasteiger partial charge in [0.25, 0.3) is 5.91 Å². The van der Waals surface area contributed by atoms with Gasteiger partial charge >= 0.3 is 6.03 Å². The van der Waals surface area contributed by atoms with Crippen LogP contribution in [0.1, 0.15) is 39.5 Å². The first-order valence-corrected chi connectivity index (χ1v) is 7.03. The fraction of sp³-hybridized carbons (Fsp3) is 0.769. The monoisotopic (exact) mass is 283 g/mol. The Labute approximate surface area is 118 Å². The number of carbonyl (C=O) groups is 3. The van der Waals surface area contributed by atoms with Crippen LogP contribution in [0, 0.1) is 5.92 Å². The van der Waals surface area contributed by atoms with Crippen LogP contribution in [0.3, 0.4) is 0 Å². The fourth-order valence-corrected chi connectivity index (χ4v) is 2.61. The number of nitrogens with one attached hydrogen (secondary N) is 2. The van der Waals surface area contributed by atoms with E-state index in [4.69, 9.17) is 4.74 Å². The van der Waals surface area contributed by atoms with Gasteiger partial charge in [0.2, 0.25) is 5.91 Å². The summed E-state index contributed by atoms with van der Waals surface area (Å²) in [5, 5.41) is 3.06. The molecule has 0 aromatic rings. The van der Waals surface area contributed by atoms with Gasteiger partial charge in [-0.1, -0.05) is 19.8 Å². The van der Waals surface area contributed by atoms with E-state index in [0.717, 1.165) is 24.3 Å². The normalized spacial score (nSPS) is 28.2. The number of ether oxygens (including phenoxy) is 1. The summed E-state index contributed by atoms with van der Waals surface area (Å²) in [6, 6.07) is -0.609. The molecule has 0 aromatic carbocycles. The molecule has 7 heteroatoms. The third kappa shape index (κ3) is 3.69. The van der Waals surface area contributed by atoms with Crippen LogP contribution in [-0.4, -0.2) is 41.6 Å². The minimum absolute atomic E-state index is 0.0912. The van der Waals surface area contributed by atoms with Gasteiger partial charge in [-0.2, -0.15) is 0 Å². The molecule has 4 amide bonds. The van der Waals surface area contributed by atoms with E-state index >= 15 is 0 Å². The zero-order chi connectivity index (χ0) is 14.7. The second-order valence-corrected chi connectivity index (χ2v) is 5.59. The highest BCUT2D eigenvalue weighted by Crippen LogP contribution is 2.26. The van der Waals surface area contributed by atoms with Crippen molar-refractivity contribution in [3.63, 3.8) is 0 Å². The molecule has 3 atom stereocenters. The molecule has 1 saturated carbocycles. The Kier molecular flexibility index (Phi) is 4.59. The zero-order valence-electron chi connectivity index (χ0n) is 11.8. The Balaban J connectivity index is 1.80. The molecule has 112 valence electrons. The summed E-state index contributed by atoms with van der Waals surface area (Å²) in [6.07, 6.45) is 3.69. The summed E-state index contributed by atoms with van der Waals surface area (Å²) in [5.41, 5.74) is 2.40. The topological polar surface area (TPSA) is 87.7 Å². The van der Waals surface area contributed by atoms with Crippen LogP contribution in [0.5, 0.6) is 0 Å². The van der Waals surface area contributed by atoms with Crippen molar-refractivity contribution < 1.29 is 19.1 Å². The van der Waals surface area contributed by atoms with Crippen molar-refractivity contribution in [1.82, 2.24) is 15.8 Å². The number of imide groups is 1. The SMILES string of the molecule is C[C@@H]1CCC[C@@H](O[C@@H](C)C(=O)NN2CC(=O)NC2=O)C1.